The molecule has 8 heteroatoms. The summed E-state index contributed by atoms with van der Waals surface area (Å²) in [7, 11) is -1.96. The van der Waals surface area contributed by atoms with E-state index in [0.29, 0.717) is 18.5 Å². The van der Waals surface area contributed by atoms with Crippen molar-refractivity contribution >= 4 is 21.5 Å². The molecule has 0 bridgehead atoms. The monoisotopic (exact) mass is 411 g/mol. The maximum Gasteiger partial charge on any atom is 0.241 e. The fraction of sp³-hybridized carbons (Fsp3) is 0.750. The van der Waals surface area contributed by atoms with Gasteiger partial charge in [-0.2, -0.15) is 5.10 Å². The number of ketones is 1. The van der Waals surface area contributed by atoms with Crippen molar-refractivity contribution in [3.05, 3.63) is 17.5 Å². The van der Waals surface area contributed by atoms with E-state index in [9.17, 15) is 18.0 Å². The number of nitrogens with one attached hydrogen (secondary N) is 1. The molecule has 1 aliphatic rings. The molecule has 2 rings (SSSR count). The standard InChI is InChI=1S/C20H33N3O4S/c1-19(2,3)17-12-15(23(6)22-17)16(24)13-21-18(25)20(4,5)28(26,27)14-10-8-7-9-11-14/h12,14H,7-11,13H2,1-6H3,(H,21,25). The zero-order valence-electron chi connectivity index (χ0n) is 17.8. The second kappa shape index (κ2) is 7.97. The van der Waals surface area contributed by atoms with Crippen molar-refractivity contribution in [1.29, 1.82) is 0 Å². The molecule has 0 radical (unpaired) electrons. The van der Waals surface area contributed by atoms with E-state index in [1.807, 2.05) is 20.8 Å². The van der Waals surface area contributed by atoms with E-state index in [2.05, 4.69) is 10.4 Å². The second-order valence-electron chi connectivity index (χ2n) is 9.21. The van der Waals surface area contributed by atoms with Crippen molar-refractivity contribution in [3.8, 4) is 0 Å². The number of sulfone groups is 1. The third-order valence-electron chi connectivity index (χ3n) is 5.59. The molecule has 1 aliphatic carbocycles. The van der Waals surface area contributed by atoms with E-state index in [1.165, 1.54) is 18.5 Å². The normalized spacial score (nSPS) is 16.8. The molecule has 0 saturated heterocycles. The Hall–Kier alpha value is -1.70. The summed E-state index contributed by atoms with van der Waals surface area (Å²) < 4.78 is 25.9. The van der Waals surface area contributed by atoms with Gasteiger partial charge in [0.05, 0.1) is 17.5 Å². The minimum Gasteiger partial charge on any atom is -0.347 e. The highest BCUT2D eigenvalue weighted by Crippen LogP contribution is 2.31. The predicted octanol–water partition coefficient (Wildman–Crippen LogP) is 2.54. The highest BCUT2D eigenvalue weighted by atomic mass is 32.2. The van der Waals surface area contributed by atoms with Crippen molar-refractivity contribution < 1.29 is 18.0 Å². The molecule has 0 aliphatic heterocycles. The van der Waals surface area contributed by atoms with Gasteiger partial charge in [0.15, 0.2) is 15.6 Å². The van der Waals surface area contributed by atoms with Crippen LogP contribution in [0.4, 0.5) is 0 Å². The summed E-state index contributed by atoms with van der Waals surface area (Å²) in [5.41, 5.74) is 0.971. The molecule has 0 unspecified atom stereocenters. The van der Waals surface area contributed by atoms with Gasteiger partial charge in [0.2, 0.25) is 5.91 Å². The van der Waals surface area contributed by atoms with Gasteiger partial charge in [-0.3, -0.25) is 14.3 Å². The lowest BCUT2D eigenvalue weighted by Gasteiger charge is -2.31. The smallest absolute Gasteiger partial charge is 0.241 e. The molecule has 1 aromatic heterocycles. The van der Waals surface area contributed by atoms with Crippen LogP contribution in [-0.2, 0) is 27.1 Å². The van der Waals surface area contributed by atoms with Crippen LogP contribution in [0, 0.1) is 0 Å². The molecule has 158 valence electrons. The lowest BCUT2D eigenvalue weighted by molar-refractivity contribution is -0.122. The first-order chi connectivity index (χ1) is 12.8. The summed E-state index contributed by atoms with van der Waals surface area (Å²) in [6, 6.07) is 1.72. The Kier molecular flexibility index (Phi) is 6.43. The summed E-state index contributed by atoms with van der Waals surface area (Å²) >= 11 is 0. The first-order valence-electron chi connectivity index (χ1n) is 9.88. The van der Waals surface area contributed by atoms with Crippen molar-refractivity contribution in [3.63, 3.8) is 0 Å². The molecule has 7 nitrogen and oxygen atoms in total. The van der Waals surface area contributed by atoms with Gasteiger partial charge in [-0.05, 0) is 32.8 Å². The molecule has 0 spiro atoms. The highest BCUT2D eigenvalue weighted by molar-refractivity contribution is 7.94. The van der Waals surface area contributed by atoms with Crippen molar-refractivity contribution in [2.75, 3.05) is 6.54 Å². The molecule has 1 fully saturated rings. The Morgan fingerprint density at radius 3 is 2.21 bits per heavy atom. The SMILES string of the molecule is Cn1nc(C(C)(C)C)cc1C(=O)CNC(=O)C(C)(C)S(=O)(=O)C1CCCCC1. The predicted molar refractivity (Wildman–Crippen MR) is 109 cm³/mol. The first kappa shape index (κ1) is 22.6. The number of amides is 1. The van der Waals surface area contributed by atoms with Crippen LogP contribution in [0.5, 0.6) is 0 Å². The van der Waals surface area contributed by atoms with E-state index < -0.39 is 25.7 Å². The summed E-state index contributed by atoms with van der Waals surface area (Å²) in [4.78, 5) is 25.2. The molecule has 1 amide bonds. The van der Waals surface area contributed by atoms with E-state index in [0.717, 1.165) is 25.0 Å². The number of rotatable bonds is 6. The average molecular weight is 412 g/mol. The average Bonchev–Trinajstić information content (AvgIpc) is 3.02. The lowest BCUT2D eigenvalue weighted by atomic mass is 9.92. The van der Waals surface area contributed by atoms with Crippen LogP contribution in [-0.4, -0.2) is 46.4 Å². The van der Waals surface area contributed by atoms with Crippen LogP contribution < -0.4 is 5.32 Å². The van der Waals surface area contributed by atoms with Gasteiger partial charge in [-0.1, -0.05) is 40.0 Å². The van der Waals surface area contributed by atoms with Crippen LogP contribution in [0.3, 0.4) is 0 Å². The molecule has 0 aromatic carbocycles. The third-order valence-corrected chi connectivity index (χ3v) is 8.55. The Morgan fingerprint density at radius 1 is 1.14 bits per heavy atom. The lowest BCUT2D eigenvalue weighted by Crippen LogP contribution is -2.52. The van der Waals surface area contributed by atoms with E-state index in [4.69, 9.17) is 0 Å². The van der Waals surface area contributed by atoms with E-state index in [-0.39, 0.29) is 17.7 Å². The number of hydrogen-bond donors (Lipinski definition) is 1. The maximum absolute atomic E-state index is 13.0. The number of nitrogens with zero attached hydrogens (tertiary/aromatic N) is 2. The molecule has 1 aromatic rings. The number of hydrogen-bond acceptors (Lipinski definition) is 5. The van der Waals surface area contributed by atoms with Crippen molar-refractivity contribution in [2.45, 2.75) is 82.1 Å². The molecule has 1 heterocycles. The molecular weight excluding hydrogens is 378 g/mol. The fourth-order valence-electron chi connectivity index (χ4n) is 3.48. The van der Waals surface area contributed by atoms with Crippen LogP contribution in [0.25, 0.3) is 0 Å². The van der Waals surface area contributed by atoms with Gasteiger partial charge in [-0.25, -0.2) is 8.42 Å². The van der Waals surface area contributed by atoms with Crippen LogP contribution in [0.2, 0.25) is 0 Å². The van der Waals surface area contributed by atoms with E-state index >= 15 is 0 Å². The number of carbonyl (C=O) groups is 2. The maximum atomic E-state index is 13.0. The number of carbonyl (C=O) groups excluding carboxylic acids is 2. The highest BCUT2D eigenvalue weighted by Gasteiger charge is 2.46. The van der Waals surface area contributed by atoms with Crippen LogP contribution >= 0.6 is 0 Å². The fourth-order valence-corrected chi connectivity index (χ4v) is 5.60. The zero-order chi connectivity index (χ0) is 21.3. The van der Waals surface area contributed by atoms with Gasteiger partial charge in [0.25, 0.3) is 0 Å². The summed E-state index contributed by atoms with van der Waals surface area (Å²) in [5, 5.41) is 6.42. The van der Waals surface area contributed by atoms with Crippen LogP contribution in [0.1, 0.15) is 82.9 Å². The van der Waals surface area contributed by atoms with Crippen molar-refractivity contribution in [2.24, 2.45) is 7.05 Å². The van der Waals surface area contributed by atoms with Gasteiger partial charge in [-0.15, -0.1) is 0 Å². The Labute approximate surface area is 168 Å². The minimum atomic E-state index is -3.64. The molecule has 1 saturated carbocycles. The van der Waals surface area contributed by atoms with Gasteiger partial charge in [0.1, 0.15) is 10.4 Å². The van der Waals surface area contributed by atoms with E-state index in [1.54, 1.807) is 13.1 Å². The Bertz CT molecular complexity index is 841. The number of aromatic nitrogens is 2. The van der Waals surface area contributed by atoms with Gasteiger partial charge >= 0.3 is 0 Å². The molecule has 0 atom stereocenters. The van der Waals surface area contributed by atoms with Gasteiger partial charge < -0.3 is 5.32 Å². The topological polar surface area (TPSA) is 98.1 Å². The summed E-state index contributed by atoms with van der Waals surface area (Å²) in [5.74, 6) is -0.936. The summed E-state index contributed by atoms with van der Waals surface area (Å²) in [6.45, 7) is 8.61. The second-order valence-corrected chi connectivity index (χ2v) is 12.0. The zero-order valence-corrected chi connectivity index (χ0v) is 18.6. The molecule has 28 heavy (non-hydrogen) atoms. The molecule has 1 N–H and O–H groups in total. The first-order valence-corrected chi connectivity index (χ1v) is 11.4. The number of Topliss-reactive ketones (excluding diaryl/α,β-unsaturated/α-hetero) is 1. The summed E-state index contributed by atoms with van der Waals surface area (Å²) in [6.07, 6.45) is 3.98. The quantitative estimate of drug-likeness (QED) is 0.726. The van der Waals surface area contributed by atoms with Crippen LogP contribution in [0.15, 0.2) is 6.07 Å². The Morgan fingerprint density at radius 2 is 1.71 bits per heavy atom. The minimum absolute atomic E-state index is 0.199. The third kappa shape index (κ3) is 4.47. The Balaban J connectivity index is 2.08. The molecular formula is C20H33N3O4S. The largest absolute Gasteiger partial charge is 0.347 e. The van der Waals surface area contributed by atoms with Gasteiger partial charge in [0, 0.05) is 12.5 Å². The van der Waals surface area contributed by atoms with Crippen molar-refractivity contribution in [1.82, 2.24) is 15.1 Å². The number of aryl methyl sites for hydroxylation is 1.